The molecule has 0 aromatic carbocycles. The molecule has 4 heteroatoms. The van der Waals surface area contributed by atoms with Gasteiger partial charge in [-0.3, -0.25) is 5.32 Å². The summed E-state index contributed by atoms with van der Waals surface area (Å²) >= 11 is 0. The number of hydrogen-bond donors (Lipinski definition) is 1. The van der Waals surface area contributed by atoms with E-state index in [-0.39, 0.29) is 0 Å². The maximum atomic E-state index is 9.33. The van der Waals surface area contributed by atoms with Gasteiger partial charge >= 0.3 is 0 Å². The zero-order valence-electron chi connectivity index (χ0n) is 11.5. The largest absolute Gasteiger partial charge is 0.335 e. The Hall–Kier alpha value is -1.34. The van der Waals surface area contributed by atoms with Gasteiger partial charge in [0.05, 0.1) is 6.07 Å². The summed E-state index contributed by atoms with van der Waals surface area (Å²) in [5, 5.41) is 12.8. The highest BCUT2D eigenvalue weighted by Crippen LogP contribution is 2.24. The summed E-state index contributed by atoms with van der Waals surface area (Å²) in [6.45, 7) is 7.13. The summed E-state index contributed by atoms with van der Waals surface area (Å²) in [6.07, 6.45) is 7.08. The Kier molecular flexibility index (Phi) is 3.72. The van der Waals surface area contributed by atoms with Gasteiger partial charge in [0, 0.05) is 30.9 Å². The van der Waals surface area contributed by atoms with E-state index in [4.69, 9.17) is 0 Å². The van der Waals surface area contributed by atoms with Crippen molar-refractivity contribution in [2.24, 2.45) is 0 Å². The number of aromatic nitrogens is 2. The summed E-state index contributed by atoms with van der Waals surface area (Å²) in [5.74, 6) is 1.52. The number of aryl methyl sites for hydroxylation is 1. The van der Waals surface area contributed by atoms with Crippen molar-refractivity contribution in [3.63, 3.8) is 0 Å². The Balaban J connectivity index is 1.96. The highest BCUT2D eigenvalue weighted by molar-refractivity contribution is 5.08. The third-order valence-electron chi connectivity index (χ3n) is 3.46. The molecule has 0 saturated heterocycles. The molecule has 0 spiro atoms. The molecular weight excluding hydrogens is 224 g/mol. The van der Waals surface area contributed by atoms with Crippen molar-refractivity contribution in [1.29, 1.82) is 5.26 Å². The van der Waals surface area contributed by atoms with Gasteiger partial charge in [-0.2, -0.15) is 5.26 Å². The third-order valence-corrected chi connectivity index (χ3v) is 3.46. The minimum atomic E-state index is -0.417. The van der Waals surface area contributed by atoms with Gasteiger partial charge in [0.25, 0.3) is 0 Å². The van der Waals surface area contributed by atoms with Gasteiger partial charge in [-0.05, 0) is 26.2 Å². The zero-order valence-corrected chi connectivity index (χ0v) is 11.5. The van der Waals surface area contributed by atoms with Crippen LogP contribution in [0.3, 0.4) is 0 Å². The second-order valence-corrected chi connectivity index (χ2v) is 5.75. The smallest absolute Gasteiger partial charge is 0.111 e. The maximum absolute atomic E-state index is 9.33. The van der Waals surface area contributed by atoms with Crippen LogP contribution in [-0.2, 0) is 6.54 Å². The molecule has 1 unspecified atom stereocenters. The van der Waals surface area contributed by atoms with Crippen molar-refractivity contribution in [1.82, 2.24) is 14.9 Å². The molecule has 1 fully saturated rings. The van der Waals surface area contributed by atoms with Crippen molar-refractivity contribution in [2.45, 2.75) is 64.1 Å². The summed E-state index contributed by atoms with van der Waals surface area (Å²) in [7, 11) is 0. The molecule has 1 heterocycles. The Morgan fingerprint density at radius 2 is 2.33 bits per heavy atom. The lowest BCUT2D eigenvalue weighted by Gasteiger charge is -2.24. The number of rotatable bonds is 6. The Bertz CT molecular complexity index is 439. The first-order valence-electron chi connectivity index (χ1n) is 6.74. The fourth-order valence-electron chi connectivity index (χ4n) is 2.19. The van der Waals surface area contributed by atoms with E-state index in [1.54, 1.807) is 0 Å². The molecule has 1 atom stereocenters. The van der Waals surface area contributed by atoms with Gasteiger partial charge in [0.2, 0.25) is 0 Å². The van der Waals surface area contributed by atoms with Crippen LogP contribution >= 0.6 is 0 Å². The molecule has 1 aromatic heterocycles. The molecule has 1 saturated carbocycles. The molecule has 1 aromatic rings. The fraction of sp³-hybridized carbons (Fsp3) is 0.714. The third kappa shape index (κ3) is 3.11. The van der Waals surface area contributed by atoms with Crippen LogP contribution in [-0.4, -0.2) is 21.1 Å². The Labute approximate surface area is 109 Å². The topological polar surface area (TPSA) is 53.6 Å². The second-order valence-electron chi connectivity index (χ2n) is 5.75. The van der Waals surface area contributed by atoms with Crippen molar-refractivity contribution in [2.75, 3.05) is 0 Å². The van der Waals surface area contributed by atoms with E-state index in [0.29, 0.717) is 12.0 Å². The van der Waals surface area contributed by atoms with Crippen LogP contribution in [0.15, 0.2) is 12.4 Å². The lowest BCUT2D eigenvalue weighted by Crippen LogP contribution is -2.43. The number of hydrogen-bond acceptors (Lipinski definition) is 3. The van der Waals surface area contributed by atoms with E-state index in [9.17, 15) is 5.26 Å². The molecule has 0 bridgehead atoms. The molecule has 98 valence electrons. The number of imidazole rings is 1. The van der Waals surface area contributed by atoms with Crippen LogP contribution in [0.4, 0.5) is 0 Å². The fourth-order valence-corrected chi connectivity index (χ4v) is 2.19. The van der Waals surface area contributed by atoms with Crippen LogP contribution in [0.2, 0.25) is 0 Å². The minimum Gasteiger partial charge on any atom is -0.335 e. The number of nitrogens with zero attached hydrogens (tertiary/aromatic N) is 3. The average Bonchev–Trinajstić information content (AvgIpc) is 3.00. The maximum Gasteiger partial charge on any atom is 0.111 e. The van der Waals surface area contributed by atoms with Gasteiger partial charge in [-0.15, -0.1) is 0 Å². The highest BCUT2D eigenvalue weighted by Gasteiger charge is 2.32. The van der Waals surface area contributed by atoms with Crippen molar-refractivity contribution < 1.29 is 0 Å². The molecule has 0 aliphatic heterocycles. The monoisotopic (exact) mass is 246 g/mol. The zero-order chi connectivity index (χ0) is 13.2. The SMILES string of the molecule is CC(C)c1nccn1CCC(C)(C#N)NC1CC1. The molecule has 18 heavy (non-hydrogen) atoms. The average molecular weight is 246 g/mol. The lowest BCUT2D eigenvalue weighted by atomic mass is 9.99. The quantitative estimate of drug-likeness (QED) is 0.838. The van der Waals surface area contributed by atoms with Crippen molar-refractivity contribution >= 4 is 0 Å². The predicted octanol–water partition coefficient (Wildman–Crippen LogP) is 2.43. The summed E-state index contributed by atoms with van der Waals surface area (Å²) in [5.41, 5.74) is -0.417. The normalized spacial score (nSPS) is 18.6. The van der Waals surface area contributed by atoms with E-state index < -0.39 is 5.54 Å². The summed E-state index contributed by atoms with van der Waals surface area (Å²) in [6, 6.07) is 2.97. The van der Waals surface area contributed by atoms with Crippen molar-refractivity contribution in [3.8, 4) is 6.07 Å². The highest BCUT2D eigenvalue weighted by atomic mass is 15.1. The van der Waals surface area contributed by atoms with Gasteiger partial charge in [-0.1, -0.05) is 13.8 Å². The Morgan fingerprint density at radius 3 is 2.89 bits per heavy atom. The molecule has 1 aliphatic rings. The second kappa shape index (κ2) is 5.11. The standard InChI is InChI=1S/C14H22N4/c1-11(2)13-16-7-9-18(13)8-6-14(3,10-15)17-12-4-5-12/h7,9,11-12,17H,4-6,8H2,1-3H3. The van der Waals surface area contributed by atoms with Gasteiger partial charge < -0.3 is 4.57 Å². The lowest BCUT2D eigenvalue weighted by molar-refractivity contribution is 0.385. The predicted molar refractivity (Wildman–Crippen MR) is 71.1 cm³/mol. The first-order chi connectivity index (χ1) is 8.54. The summed E-state index contributed by atoms with van der Waals surface area (Å²) in [4.78, 5) is 4.38. The molecule has 1 N–H and O–H groups in total. The van der Waals surface area contributed by atoms with Gasteiger partial charge in [0.1, 0.15) is 11.4 Å². The number of nitriles is 1. The first kappa shape index (κ1) is 13.1. The molecular formula is C14H22N4. The van der Waals surface area contributed by atoms with Crippen LogP contribution in [0.5, 0.6) is 0 Å². The van der Waals surface area contributed by atoms with E-state index >= 15 is 0 Å². The van der Waals surface area contributed by atoms with Crippen LogP contribution in [0.25, 0.3) is 0 Å². The van der Waals surface area contributed by atoms with E-state index in [1.807, 2.05) is 19.3 Å². The molecule has 1 aliphatic carbocycles. The van der Waals surface area contributed by atoms with Gasteiger partial charge in [-0.25, -0.2) is 4.98 Å². The van der Waals surface area contributed by atoms with Gasteiger partial charge in [0.15, 0.2) is 0 Å². The number of nitrogens with one attached hydrogen (secondary N) is 1. The first-order valence-corrected chi connectivity index (χ1v) is 6.74. The minimum absolute atomic E-state index is 0.417. The summed E-state index contributed by atoms with van der Waals surface area (Å²) < 4.78 is 2.16. The molecule has 0 radical (unpaired) electrons. The molecule has 4 nitrogen and oxygen atoms in total. The van der Waals surface area contributed by atoms with Crippen LogP contribution in [0.1, 0.15) is 51.8 Å². The van der Waals surface area contributed by atoms with Crippen molar-refractivity contribution in [3.05, 3.63) is 18.2 Å². The molecule has 2 rings (SSSR count). The molecule has 0 amide bonds. The van der Waals surface area contributed by atoms with Crippen LogP contribution < -0.4 is 5.32 Å². The van der Waals surface area contributed by atoms with Crippen LogP contribution in [0, 0.1) is 11.3 Å². The van der Waals surface area contributed by atoms with E-state index in [1.165, 1.54) is 12.8 Å². The Morgan fingerprint density at radius 1 is 1.61 bits per heavy atom. The van der Waals surface area contributed by atoms with E-state index in [2.05, 4.69) is 34.8 Å². The van der Waals surface area contributed by atoms with E-state index in [0.717, 1.165) is 18.8 Å².